The zero-order valence-corrected chi connectivity index (χ0v) is 5.36. The Labute approximate surface area is 49.3 Å². The molecule has 0 aliphatic heterocycles. The molecule has 1 amide bonds. The lowest BCUT2D eigenvalue weighted by Gasteiger charge is -2.08. The molecule has 0 fully saturated rings. The zero-order valence-electron chi connectivity index (χ0n) is 5.36. The largest absolute Gasteiger partial charge is 0.360 e. The summed E-state index contributed by atoms with van der Waals surface area (Å²) in [5, 5.41) is 0. The molecule has 0 saturated carbocycles. The van der Waals surface area contributed by atoms with E-state index in [9.17, 15) is 4.79 Å². The van der Waals surface area contributed by atoms with E-state index < -0.39 is 5.41 Å². The normalized spacial score (nSPS) is 10.2. The standard InChI is InChI=1S/C6H9NO/c1-6(2,3)5(8)7-4/h1-3H3. The van der Waals surface area contributed by atoms with Gasteiger partial charge in [0.15, 0.2) is 0 Å². The molecule has 0 spiro atoms. The molecule has 0 aromatic carbocycles. The van der Waals surface area contributed by atoms with E-state index in [0.717, 1.165) is 0 Å². The molecular weight excluding hydrogens is 102 g/mol. The third kappa shape index (κ3) is 1.74. The lowest BCUT2D eigenvalue weighted by molar-refractivity contribution is -0.121. The molecule has 0 N–H and O–H groups in total. The zero-order chi connectivity index (χ0) is 6.78. The fourth-order valence-corrected chi connectivity index (χ4v) is 0.168. The molecule has 8 heavy (non-hydrogen) atoms. The molecule has 2 heteroatoms. The first kappa shape index (κ1) is 7.16. The SMILES string of the molecule is [C-]#[N+]C(=O)C(C)(C)C. The van der Waals surface area contributed by atoms with Crippen LogP contribution in [0.1, 0.15) is 20.8 Å². The van der Waals surface area contributed by atoms with E-state index in [2.05, 4.69) is 4.85 Å². The van der Waals surface area contributed by atoms with Crippen molar-refractivity contribution in [1.29, 1.82) is 0 Å². The highest BCUT2D eigenvalue weighted by Crippen LogP contribution is 2.14. The topological polar surface area (TPSA) is 21.4 Å². The van der Waals surface area contributed by atoms with Crippen LogP contribution in [0.5, 0.6) is 0 Å². The second-order valence-electron chi connectivity index (χ2n) is 2.67. The molecule has 0 saturated heterocycles. The van der Waals surface area contributed by atoms with Crippen LogP contribution in [-0.4, -0.2) is 5.91 Å². The monoisotopic (exact) mass is 111 g/mol. The number of hydrogen-bond acceptors (Lipinski definition) is 1. The first-order chi connectivity index (χ1) is 3.48. The first-order valence-electron chi connectivity index (χ1n) is 2.40. The first-order valence-corrected chi connectivity index (χ1v) is 2.40. The van der Waals surface area contributed by atoms with Crippen LogP contribution in [0.2, 0.25) is 0 Å². The third-order valence-electron chi connectivity index (χ3n) is 0.743. The Balaban J connectivity index is 4.09. The van der Waals surface area contributed by atoms with Crippen LogP contribution in [0.15, 0.2) is 0 Å². The maximum atomic E-state index is 10.5. The van der Waals surface area contributed by atoms with E-state index in [1.54, 1.807) is 20.8 Å². The second-order valence-corrected chi connectivity index (χ2v) is 2.67. The molecule has 0 rings (SSSR count). The summed E-state index contributed by atoms with van der Waals surface area (Å²) in [6.45, 7) is 11.5. The summed E-state index contributed by atoms with van der Waals surface area (Å²) in [5.74, 6) is -0.377. The summed E-state index contributed by atoms with van der Waals surface area (Å²) < 4.78 is 0. The average Bonchev–Trinajstić information content (AvgIpc) is 1.62. The summed E-state index contributed by atoms with van der Waals surface area (Å²) in [6, 6.07) is 0. The van der Waals surface area contributed by atoms with Gasteiger partial charge in [0.05, 0.1) is 6.57 Å². The van der Waals surface area contributed by atoms with Crippen molar-refractivity contribution in [2.75, 3.05) is 0 Å². The minimum absolute atomic E-state index is 0.377. The maximum absolute atomic E-state index is 10.5. The highest BCUT2D eigenvalue weighted by Gasteiger charge is 2.20. The van der Waals surface area contributed by atoms with Crippen LogP contribution >= 0.6 is 0 Å². The summed E-state index contributed by atoms with van der Waals surface area (Å²) in [5.41, 5.74) is -0.484. The van der Waals surface area contributed by atoms with Crippen molar-refractivity contribution in [2.45, 2.75) is 20.8 Å². The number of carbonyl (C=O) groups excluding carboxylic acids is 1. The van der Waals surface area contributed by atoms with E-state index >= 15 is 0 Å². The summed E-state index contributed by atoms with van der Waals surface area (Å²) in [6.07, 6.45) is 0. The second kappa shape index (κ2) is 1.95. The fraction of sp³-hybridized carbons (Fsp3) is 0.667. The van der Waals surface area contributed by atoms with Crippen LogP contribution < -0.4 is 0 Å². The van der Waals surface area contributed by atoms with E-state index in [-0.39, 0.29) is 5.91 Å². The van der Waals surface area contributed by atoms with Crippen LogP contribution in [0.4, 0.5) is 0 Å². The van der Waals surface area contributed by atoms with Gasteiger partial charge in [0, 0.05) is 5.41 Å². The molecule has 0 bridgehead atoms. The van der Waals surface area contributed by atoms with Crippen molar-refractivity contribution in [3.63, 3.8) is 0 Å². The molecule has 0 radical (unpaired) electrons. The molecule has 0 aromatic heterocycles. The smallest absolute Gasteiger partial charge is 0.315 e. The average molecular weight is 111 g/mol. The van der Waals surface area contributed by atoms with Gasteiger partial charge < -0.3 is 4.79 Å². The molecule has 0 aliphatic carbocycles. The van der Waals surface area contributed by atoms with Gasteiger partial charge in [0.1, 0.15) is 0 Å². The predicted octanol–water partition coefficient (Wildman–Crippen LogP) is 1.48. The Morgan fingerprint density at radius 1 is 1.50 bits per heavy atom. The van der Waals surface area contributed by atoms with Crippen molar-refractivity contribution >= 4 is 5.91 Å². The minimum Gasteiger partial charge on any atom is -0.315 e. The summed E-state index contributed by atoms with van der Waals surface area (Å²) >= 11 is 0. The van der Waals surface area contributed by atoms with Gasteiger partial charge in [-0.2, -0.15) is 4.85 Å². The number of nitrogens with zero attached hydrogens (tertiary/aromatic N) is 1. The molecule has 0 heterocycles. The van der Waals surface area contributed by atoms with Crippen LogP contribution in [-0.2, 0) is 4.79 Å². The lowest BCUT2D eigenvalue weighted by atomic mass is 9.96. The highest BCUT2D eigenvalue weighted by atomic mass is 16.1. The van der Waals surface area contributed by atoms with Gasteiger partial charge in [0.25, 0.3) is 0 Å². The molecule has 0 aromatic rings. The van der Waals surface area contributed by atoms with Gasteiger partial charge >= 0.3 is 5.91 Å². The van der Waals surface area contributed by atoms with E-state index in [1.807, 2.05) is 0 Å². The van der Waals surface area contributed by atoms with Crippen molar-refractivity contribution in [3.8, 4) is 0 Å². The van der Waals surface area contributed by atoms with Crippen LogP contribution in [0.3, 0.4) is 0 Å². The molecule has 2 nitrogen and oxygen atoms in total. The van der Waals surface area contributed by atoms with Gasteiger partial charge in [-0.25, -0.2) is 0 Å². The Bertz CT molecular complexity index is 136. The predicted molar refractivity (Wildman–Crippen MR) is 31.1 cm³/mol. The van der Waals surface area contributed by atoms with Gasteiger partial charge in [-0.15, -0.1) is 0 Å². The quantitative estimate of drug-likeness (QED) is 0.434. The van der Waals surface area contributed by atoms with Crippen LogP contribution in [0.25, 0.3) is 4.85 Å². The van der Waals surface area contributed by atoms with Crippen molar-refractivity contribution in [1.82, 2.24) is 0 Å². The Hall–Kier alpha value is -0.840. The number of rotatable bonds is 0. The minimum atomic E-state index is -0.484. The molecule has 44 valence electrons. The Morgan fingerprint density at radius 2 is 1.88 bits per heavy atom. The van der Waals surface area contributed by atoms with Crippen molar-refractivity contribution in [3.05, 3.63) is 11.4 Å². The van der Waals surface area contributed by atoms with E-state index in [1.165, 1.54) is 0 Å². The van der Waals surface area contributed by atoms with Crippen molar-refractivity contribution < 1.29 is 4.79 Å². The molecule has 0 unspecified atom stereocenters. The Morgan fingerprint density at radius 3 is 1.88 bits per heavy atom. The molecular formula is C6H9NO. The van der Waals surface area contributed by atoms with Gasteiger partial charge in [-0.05, 0) is 0 Å². The highest BCUT2D eigenvalue weighted by molar-refractivity contribution is 5.90. The van der Waals surface area contributed by atoms with Crippen LogP contribution in [0, 0.1) is 12.0 Å². The molecule has 0 atom stereocenters. The number of amides is 1. The van der Waals surface area contributed by atoms with Crippen molar-refractivity contribution in [2.24, 2.45) is 5.41 Å². The van der Waals surface area contributed by atoms with Gasteiger partial charge in [-0.3, -0.25) is 0 Å². The molecule has 0 aliphatic rings. The fourth-order valence-electron chi connectivity index (χ4n) is 0.168. The van der Waals surface area contributed by atoms with E-state index in [4.69, 9.17) is 6.57 Å². The summed E-state index contributed by atoms with van der Waals surface area (Å²) in [7, 11) is 0. The maximum Gasteiger partial charge on any atom is 0.360 e. The Kier molecular flexibility index (Phi) is 1.75. The van der Waals surface area contributed by atoms with Gasteiger partial charge in [0.2, 0.25) is 0 Å². The van der Waals surface area contributed by atoms with E-state index in [0.29, 0.717) is 0 Å². The lowest BCUT2D eigenvalue weighted by Crippen LogP contribution is -2.15. The third-order valence-corrected chi connectivity index (χ3v) is 0.743. The number of hydrogen-bond donors (Lipinski definition) is 0. The van der Waals surface area contributed by atoms with Gasteiger partial charge in [-0.1, -0.05) is 20.8 Å². The number of carbonyl (C=O) groups is 1. The summed E-state index contributed by atoms with van der Waals surface area (Å²) in [4.78, 5) is 13.2.